The van der Waals surface area contributed by atoms with Crippen molar-refractivity contribution < 1.29 is 19.8 Å². The molecule has 12 heavy (non-hydrogen) atoms. The van der Waals surface area contributed by atoms with Gasteiger partial charge in [0.05, 0.1) is 0 Å². The van der Waals surface area contributed by atoms with Crippen molar-refractivity contribution in [2.24, 2.45) is 5.73 Å². The predicted molar refractivity (Wildman–Crippen MR) is 41.9 cm³/mol. The fourth-order valence-corrected chi connectivity index (χ4v) is 0.508. The van der Waals surface area contributed by atoms with Crippen LogP contribution >= 0.6 is 0 Å². The van der Waals surface area contributed by atoms with Crippen molar-refractivity contribution in [2.45, 2.75) is 6.04 Å². The summed E-state index contributed by atoms with van der Waals surface area (Å²) in [5, 5.41) is 18.8. The third kappa shape index (κ3) is 5.50. The zero-order valence-electron chi connectivity index (χ0n) is 6.78. The zero-order chi connectivity index (χ0) is 8.85. The number of carboxylic acids is 2. The minimum atomic E-state index is -1.56. The first kappa shape index (κ1) is 14.4. The van der Waals surface area contributed by atoms with E-state index in [-0.39, 0.29) is 42.6 Å². The van der Waals surface area contributed by atoms with Gasteiger partial charge in [-0.25, -0.2) is 9.59 Å². The van der Waals surface area contributed by atoms with Gasteiger partial charge in [0.1, 0.15) is 0 Å². The van der Waals surface area contributed by atoms with E-state index < -0.39 is 18.0 Å². The largest absolute Gasteiger partial charge is 0.480 e. The van der Waals surface area contributed by atoms with Gasteiger partial charge in [-0.2, -0.15) is 0 Å². The first-order valence-corrected chi connectivity index (χ1v) is 2.98. The Balaban J connectivity index is 0. The van der Waals surface area contributed by atoms with Crippen LogP contribution in [0.3, 0.4) is 0 Å². The summed E-state index contributed by atoms with van der Waals surface area (Å²) < 4.78 is 0. The quantitative estimate of drug-likeness (QED) is 0.283. The summed E-state index contributed by atoms with van der Waals surface area (Å²) in [6.07, 6.45) is 0. The van der Waals surface area contributed by atoms with Gasteiger partial charge in [-0.05, 0) is 0 Å². The van der Waals surface area contributed by atoms with Crippen molar-refractivity contribution in [1.29, 1.82) is 0 Å². The summed E-state index contributed by atoms with van der Waals surface area (Å²) in [6.45, 7) is 0.375. The second-order valence-electron chi connectivity index (χ2n) is 1.85. The molecular formula is C5H10N2NaO4. The number of nitrogens with one attached hydrogen (secondary N) is 1. The molecule has 0 aliphatic heterocycles. The summed E-state index contributed by atoms with van der Waals surface area (Å²) in [7, 11) is 0. The second kappa shape index (κ2) is 7.51. The van der Waals surface area contributed by atoms with Gasteiger partial charge in [0.15, 0.2) is 0 Å². The smallest absolute Gasteiger partial charge is 0.332 e. The third-order valence-electron chi connectivity index (χ3n) is 0.987. The number of nitrogens with two attached hydrogens (primary N) is 1. The Morgan fingerprint density at radius 2 is 1.75 bits per heavy atom. The van der Waals surface area contributed by atoms with E-state index in [1.165, 1.54) is 0 Å². The molecule has 0 heterocycles. The monoisotopic (exact) mass is 185 g/mol. The van der Waals surface area contributed by atoms with Crippen LogP contribution in [0, 0.1) is 0 Å². The van der Waals surface area contributed by atoms with Crippen molar-refractivity contribution in [2.75, 3.05) is 13.1 Å². The van der Waals surface area contributed by atoms with Crippen LogP contribution < -0.4 is 11.1 Å². The second-order valence-corrected chi connectivity index (χ2v) is 1.85. The van der Waals surface area contributed by atoms with Crippen LogP contribution in [-0.4, -0.2) is 70.8 Å². The fourth-order valence-electron chi connectivity index (χ4n) is 0.508. The fraction of sp³-hybridized carbons (Fsp3) is 0.600. The van der Waals surface area contributed by atoms with Gasteiger partial charge in [-0.1, -0.05) is 0 Å². The van der Waals surface area contributed by atoms with Crippen molar-refractivity contribution >= 4 is 41.5 Å². The number of carboxylic acid groups (broad SMARTS) is 2. The van der Waals surface area contributed by atoms with E-state index in [4.69, 9.17) is 15.9 Å². The average Bonchev–Trinajstić information content (AvgIpc) is 1.87. The van der Waals surface area contributed by atoms with Crippen molar-refractivity contribution in [1.82, 2.24) is 5.32 Å². The Kier molecular flexibility index (Phi) is 9.00. The van der Waals surface area contributed by atoms with E-state index in [0.717, 1.165) is 0 Å². The molecule has 0 aliphatic carbocycles. The van der Waals surface area contributed by atoms with E-state index in [9.17, 15) is 9.59 Å². The topological polar surface area (TPSA) is 113 Å². The number of aliphatic carboxylic acids is 2. The minimum Gasteiger partial charge on any atom is -0.480 e. The molecule has 1 radical (unpaired) electrons. The molecule has 0 unspecified atom stereocenters. The Hall–Kier alpha value is -0.140. The van der Waals surface area contributed by atoms with Gasteiger partial charge >= 0.3 is 11.9 Å². The maximum absolute atomic E-state index is 10.2. The van der Waals surface area contributed by atoms with Gasteiger partial charge in [-0.3, -0.25) is 5.32 Å². The maximum Gasteiger partial charge on any atom is 0.332 e. The normalized spacial score (nSPS) is 9.17. The Bertz CT molecular complexity index is 150. The molecule has 0 saturated carbocycles. The molecule has 0 aliphatic rings. The van der Waals surface area contributed by atoms with E-state index in [2.05, 4.69) is 5.32 Å². The van der Waals surface area contributed by atoms with E-state index in [1.807, 2.05) is 0 Å². The SMILES string of the molecule is NCCNC(C(=O)O)C(=O)O.[Na]. The molecule has 0 spiro atoms. The van der Waals surface area contributed by atoms with Crippen molar-refractivity contribution in [3.63, 3.8) is 0 Å². The first-order valence-electron chi connectivity index (χ1n) is 2.98. The molecule has 0 bridgehead atoms. The number of hydrogen-bond acceptors (Lipinski definition) is 4. The van der Waals surface area contributed by atoms with E-state index in [1.54, 1.807) is 0 Å². The molecule has 0 rings (SSSR count). The summed E-state index contributed by atoms with van der Waals surface area (Å²) in [5.41, 5.74) is 5.03. The summed E-state index contributed by atoms with van der Waals surface area (Å²) in [4.78, 5) is 20.3. The van der Waals surface area contributed by atoms with Crippen LogP contribution in [0.5, 0.6) is 0 Å². The van der Waals surface area contributed by atoms with Gasteiger partial charge in [0.25, 0.3) is 0 Å². The van der Waals surface area contributed by atoms with Crippen LogP contribution in [0.4, 0.5) is 0 Å². The third-order valence-corrected chi connectivity index (χ3v) is 0.987. The van der Waals surface area contributed by atoms with E-state index in [0.29, 0.717) is 0 Å². The van der Waals surface area contributed by atoms with Gasteiger partial charge in [0.2, 0.25) is 6.04 Å². The first-order chi connectivity index (χ1) is 5.09. The van der Waals surface area contributed by atoms with Crippen LogP contribution in [0.2, 0.25) is 0 Å². The van der Waals surface area contributed by atoms with Gasteiger partial charge in [-0.15, -0.1) is 0 Å². The van der Waals surface area contributed by atoms with Crippen LogP contribution in [0.15, 0.2) is 0 Å². The zero-order valence-corrected chi connectivity index (χ0v) is 8.78. The molecule has 0 aromatic carbocycles. The number of carbonyl (C=O) groups is 2. The summed E-state index contributed by atoms with van der Waals surface area (Å²) in [6, 6.07) is -1.56. The van der Waals surface area contributed by atoms with Gasteiger partial charge < -0.3 is 15.9 Å². The van der Waals surface area contributed by atoms with Crippen molar-refractivity contribution in [3.8, 4) is 0 Å². The molecule has 6 nitrogen and oxygen atoms in total. The molecule has 0 aromatic rings. The molecule has 0 fully saturated rings. The molecule has 5 N–H and O–H groups in total. The molecule has 7 heteroatoms. The Labute approximate surface area is 91.4 Å². The number of hydrogen-bond donors (Lipinski definition) is 4. The Morgan fingerprint density at radius 1 is 1.33 bits per heavy atom. The summed E-state index contributed by atoms with van der Waals surface area (Å²) >= 11 is 0. The molecule has 65 valence electrons. The molecule has 0 amide bonds. The average molecular weight is 185 g/mol. The van der Waals surface area contributed by atoms with Crippen LogP contribution in [0.25, 0.3) is 0 Å². The minimum absolute atomic E-state index is 0. The predicted octanol–water partition coefficient (Wildman–Crippen LogP) is -2.31. The summed E-state index contributed by atoms with van der Waals surface area (Å²) in [5.74, 6) is -2.82. The molecular weight excluding hydrogens is 175 g/mol. The van der Waals surface area contributed by atoms with Crippen LogP contribution in [0.1, 0.15) is 0 Å². The molecule has 0 saturated heterocycles. The molecule has 0 aromatic heterocycles. The Morgan fingerprint density at radius 3 is 2.00 bits per heavy atom. The van der Waals surface area contributed by atoms with E-state index >= 15 is 0 Å². The standard InChI is InChI=1S/C5H10N2O4.Na/c6-1-2-7-3(4(8)9)5(10)11;/h3,7H,1-2,6H2,(H,8,9)(H,10,11);. The van der Waals surface area contributed by atoms with Gasteiger partial charge in [0, 0.05) is 42.6 Å². The van der Waals surface area contributed by atoms with Crippen molar-refractivity contribution in [3.05, 3.63) is 0 Å². The number of rotatable bonds is 5. The molecule has 0 atom stereocenters. The maximum atomic E-state index is 10.2. The van der Waals surface area contributed by atoms with Crippen LogP contribution in [-0.2, 0) is 9.59 Å².